The fourth-order valence-electron chi connectivity index (χ4n) is 3.69. The highest BCUT2D eigenvalue weighted by molar-refractivity contribution is 7.99. The van der Waals surface area contributed by atoms with Crippen molar-refractivity contribution < 1.29 is 19.0 Å². The van der Waals surface area contributed by atoms with Gasteiger partial charge in [0, 0.05) is 30.8 Å². The van der Waals surface area contributed by atoms with Gasteiger partial charge in [-0.2, -0.15) is 0 Å². The minimum absolute atomic E-state index is 0.0815. The van der Waals surface area contributed by atoms with Gasteiger partial charge < -0.3 is 19.1 Å². The van der Waals surface area contributed by atoms with Crippen LogP contribution in [0.1, 0.15) is 6.42 Å². The van der Waals surface area contributed by atoms with Crippen LogP contribution in [0.5, 0.6) is 11.5 Å². The van der Waals surface area contributed by atoms with Gasteiger partial charge in [-0.05, 0) is 30.3 Å². The van der Waals surface area contributed by atoms with Gasteiger partial charge in [0.1, 0.15) is 0 Å². The highest BCUT2D eigenvalue weighted by Gasteiger charge is 2.22. The second-order valence-electron chi connectivity index (χ2n) is 7.47. The number of carbonyl (C=O) groups is 1. The van der Waals surface area contributed by atoms with Gasteiger partial charge in [0.2, 0.25) is 5.91 Å². The molecule has 2 aliphatic heterocycles. The average Bonchev–Trinajstić information content (AvgIpc) is 3.13. The number of morpholine rings is 1. The summed E-state index contributed by atoms with van der Waals surface area (Å²) in [5.41, 5.74) is 1.80. The molecule has 0 radical (unpaired) electrons. The lowest BCUT2D eigenvalue weighted by molar-refractivity contribution is -0.132. The van der Waals surface area contributed by atoms with Crippen molar-refractivity contribution in [2.24, 2.45) is 0 Å². The molecular weight excluding hydrogens is 428 g/mol. The quantitative estimate of drug-likeness (QED) is 0.551. The van der Waals surface area contributed by atoms with Crippen LogP contribution in [0.2, 0.25) is 0 Å². The average molecular weight is 453 g/mol. The molecule has 9 heteroatoms. The number of ether oxygens (including phenoxy) is 3. The standard InChI is InChI=1S/C23H24N4O4S/c28-21(26-9-13-29-14-10-26)16-32-23-25-24-22(27(23)18-5-2-1-3-6-18)17-7-8-19-20(15-17)31-12-4-11-30-19/h1-3,5-8,15H,4,9-14,16H2. The first-order valence-corrected chi connectivity index (χ1v) is 11.7. The second-order valence-corrected chi connectivity index (χ2v) is 8.41. The molecule has 2 aliphatic rings. The van der Waals surface area contributed by atoms with E-state index >= 15 is 0 Å². The molecule has 1 aromatic heterocycles. The van der Waals surface area contributed by atoms with E-state index in [1.165, 1.54) is 11.8 Å². The molecule has 0 spiro atoms. The molecule has 2 aromatic carbocycles. The van der Waals surface area contributed by atoms with E-state index in [1.807, 2.05) is 58.0 Å². The third-order valence-corrected chi connectivity index (χ3v) is 6.26. The molecule has 8 nitrogen and oxygen atoms in total. The number of fused-ring (bicyclic) bond motifs is 1. The van der Waals surface area contributed by atoms with Crippen molar-refractivity contribution in [3.63, 3.8) is 0 Å². The summed E-state index contributed by atoms with van der Waals surface area (Å²) in [5, 5.41) is 9.57. The zero-order chi connectivity index (χ0) is 21.8. The molecule has 0 atom stereocenters. The van der Waals surface area contributed by atoms with Crippen LogP contribution in [0.4, 0.5) is 0 Å². The minimum atomic E-state index is 0.0815. The number of thioether (sulfide) groups is 1. The third kappa shape index (κ3) is 4.44. The normalized spacial score (nSPS) is 15.9. The number of para-hydroxylation sites is 1. The van der Waals surface area contributed by atoms with Crippen LogP contribution in [0.15, 0.2) is 53.7 Å². The van der Waals surface area contributed by atoms with Crippen molar-refractivity contribution in [2.45, 2.75) is 11.6 Å². The van der Waals surface area contributed by atoms with E-state index in [4.69, 9.17) is 14.2 Å². The first-order chi connectivity index (χ1) is 15.8. The molecule has 1 fully saturated rings. The van der Waals surface area contributed by atoms with Crippen LogP contribution in [0.3, 0.4) is 0 Å². The highest BCUT2D eigenvalue weighted by atomic mass is 32.2. The Morgan fingerprint density at radius 2 is 1.72 bits per heavy atom. The molecule has 0 N–H and O–H groups in total. The van der Waals surface area contributed by atoms with Gasteiger partial charge in [0.15, 0.2) is 22.5 Å². The van der Waals surface area contributed by atoms with E-state index in [9.17, 15) is 4.79 Å². The Labute approximate surface area is 190 Å². The lowest BCUT2D eigenvalue weighted by atomic mass is 10.2. The van der Waals surface area contributed by atoms with Crippen molar-refractivity contribution in [1.82, 2.24) is 19.7 Å². The van der Waals surface area contributed by atoms with Crippen LogP contribution in [0, 0.1) is 0 Å². The van der Waals surface area contributed by atoms with E-state index in [-0.39, 0.29) is 5.91 Å². The smallest absolute Gasteiger partial charge is 0.233 e. The molecule has 0 saturated carbocycles. The summed E-state index contributed by atoms with van der Waals surface area (Å²) in [7, 11) is 0. The van der Waals surface area contributed by atoms with Gasteiger partial charge in [0.05, 0.1) is 32.2 Å². The number of hydrogen-bond acceptors (Lipinski definition) is 7. The molecule has 3 aromatic rings. The van der Waals surface area contributed by atoms with Gasteiger partial charge in [-0.25, -0.2) is 0 Å². The van der Waals surface area contributed by atoms with Crippen LogP contribution >= 0.6 is 11.8 Å². The Morgan fingerprint density at radius 1 is 0.938 bits per heavy atom. The number of amides is 1. The Balaban J connectivity index is 1.45. The summed E-state index contributed by atoms with van der Waals surface area (Å²) in [5.74, 6) is 2.51. The summed E-state index contributed by atoms with van der Waals surface area (Å²) < 4.78 is 18.9. The molecule has 32 heavy (non-hydrogen) atoms. The van der Waals surface area contributed by atoms with Crippen molar-refractivity contribution in [3.05, 3.63) is 48.5 Å². The fraction of sp³-hybridized carbons (Fsp3) is 0.348. The van der Waals surface area contributed by atoms with Crippen LogP contribution in [-0.4, -0.2) is 70.8 Å². The summed E-state index contributed by atoms with van der Waals surface area (Å²) in [6.07, 6.45) is 0.849. The SMILES string of the molecule is O=C(CSc1nnc(-c2ccc3c(c2)OCCCO3)n1-c1ccccc1)N1CCOCC1. The zero-order valence-corrected chi connectivity index (χ0v) is 18.4. The maximum absolute atomic E-state index is 12.7. The highest BCUT2D eigenvalue weighted by Crippen LogP contribution is 2.35. The lowest BCUT2D eigenvalue weighted by Crippen LogP contribution is -2.41. The number of aromatic nitrogens is 3. The van der Waals surface area contributed by atoms with Gasteiger partial charge in [-0.15, -0.1) is 10.2 Å². The first kappa shape index (κ1) is 20.8. The summed E-state index contributed by atoms with van der Waals surface area (Å²) in [6, 6.07) is 15.7. The Bertz CT molecular complexity index is 1080. The van der Waals surface area contributed by atoms with Gasteiger partial charge in [0.25, 0.3) is 0 Å². The fourth-order valence-corrected chi connectivity index (χ4v) is 4.55. The van der Waals surface area contributed by atoms with Crippen molar-refractivity contribution in [2.75, 3.05) is 45.3 Å². The molecule has 1 amide bonds. The molecule has 5 rings (SSSR count). The van der Waals surface area contributed by atoms with Crippen LogP contribution in [0.25, 0.3) is 17.1 Å². The Kier molecular flexibility index (Phi) is 6.27. The van der Waals surface area contributed by atoms with E-state index in [2.05, 4.69) is 10.2 Å². The topological polar surface area (TPSA) is 78.7 Å². The number of benzene rings is 2. The van der Waals surface area contributed by atoms with Crippen LogP contribution < -0.4 is 9.47 Å². The molecule has 1 saturated heterocycles. The monoisotopic (exact) mass is 452 g/mol. The Morgan fingerprint density at radius 3 is 2.53 bits per heavy atom. The molecule has 0 bridgehead atoms. The van der Waals surface area contributed by atoms with E-state index in [1.54, 1.807) is 0 Å². The number of rotatable bonds is 5. The predicted octanol–water partition coefficient (Wildman–Crippen LogP) is 3.05. The molecular formula is C23H24N4O4S. The summed E-state index contributed by atoms with van der Waals surface area (Å²) in [6.45, 7) is 3.70. The number of carbonyl (C=O) groups excluding carboxylic acids is 1. The largest absolute Gasteiger partial charge is 0.490 e. The zero-order valence-electron chi connectivity index (χ0n) is 17.6. The summed E-state index contributed by atoms with van der Waals surface area (Å²) >= 11 is 1.39. The maximum atomic E-state index is 12.7. The molecule has 3 heterocycles. The molecule has 166 valence electrons. The predicted molar refractivity (Wildman–Crippen MR) is 121 cm³/mol. The minimum Gasteiger partial charge on any atom is -0.490 e. The Hall–Kier alpha value is -3.04. The second kappa shape index (κ2) is 9.62. The lowest BCUT2D eigenvalue weighted by Gasteiger charge is -2.26. The van der Waals surface area contributed by atoms with Crippen LogP contribution in [-0.2, 0) is 9.53 Å². The van der Waals surface area contributed by atoms with Crippen molar-refractivity contribution >= 4 is 17.7 Å². The summed E-state index contributed by atoms with van der Waals surface area (Å²) in [4.78, 5) is 14.5. The first-order valence-electron chi connectivity index (χ1n) is 10.7. The van der Waals surface area contributed by atoms with E-state index in [0.717, 1.165) is 23.4 Å². The van der Waals surface area contributed by atoms with Crippen molar-refractivity contribution in [1.29, 1.82) is 0 Å². The van der Waals surface area contributed by atoms with Gasteiger partial charge >= 0.3 is 0 Å². The number of nitrogens with zero attached hydrogens (tertiary/aromatic N) is 4. The number of hydrogen-bond donors (Lipinski definition) is 0. The van der Waals surface area contributed by atoms with Gasteiger partial charge in [-0.3, -0.25) is 9.36 Å². The van der Waals surface area contributed by atoms with Gasteiger partial charge in [-0.1, -0.05) is 30.0 Å². The van der Waals surface area contributed by atoms with E-state index in [0.29, 0.717) is 62.0 Å². The van der Waals surface area contributed by atoms with E-state index < -0.39 is 0 Å². The van der Waals surface area contributed by atoms with Crippen molar-refractivity contribution in [3.8, 4) is 28.6 Å². The molecule has 0 aliphatic carbocycles. The third-order valence-electron chi connectivity index (χ3n) is 5.34. The molecule has 0 unspecified atom stereocenters. The maximum Gasteiger partial charge on any atom is 0.233 e.